The van der Waals surface area contributed by atoms with E-state index in [9.17, 15) is 4.39 Å². The van der Waals surface area contributed by atoms with Crippen molar-refractivity contribution in [2.75, 3.05) is 7.11 Å². The molecule has 0 fully saturated rings. The maximum Gasteiger partial charge on any atom is 0.123 e. The number of rotatable bonds is 1. The summed E-state index contributed by atoms with van der Waals surface area (Å²) in [6, 6.07) is 5.17. The standard InChI is InChI=1S/C17H19FO/c1-17(2)10-15(19-3)8-13-6-11-4-5-14(18)7-12(11)9-16(13)17/h4-5,7,10H,6,8-9H2,1-3H3. The van der Waals surface area contributed by atoms with Gasteiger partial charge >= 0.3 is 0 Å². The second-order valence-corrected chi connectivity index (χ2v) is 6.06. The van der Waals surface area contributed by atoms with Crippen LogP contribution in [0, 0.1) is 11.2 Å². The smallest absolute Gasteiger partial charge is 0.123 e. The van der Waals surface area contributed by atoms with Crippen molar-refractivity contribution in [2.24, 2.45) is 5.41 Å². The third-order valence-corrected chi connectivity index (χ3v) is 4.32. The topological polar surface area (TPSA) is 9.23 Å². The summed E-state index contributed by atoms with van der Waals surface area (Å²) in [7, 11) is 1.74. The lowest BCUT2D eigenvalue weighted by Crippen LogP contribution is -2.25. The third kappa shape index (κ3) is 2.09. The van der Waals surface area contributed by atoms with Crippen molar-refractivity contribution in [2.45, 2.75) is 33.1 Å². The van der Waals surface area contributed by atoms with Gasteiger partial charge in [-0.25, -0.2) is 4.39 Å². The highest BCUT2D eigenvalue weighted by atomic mass is 19.1. The molecule has 100 valence electrons. The predicted molar refractivity (Wildman–Crippen MR) is 74.3 cm³/mol. The fourth-order valence-electron chi connectivity index (χ4n) is 3.32. The first-order valence-electron chi connectivity index (χ1n) is 6.74. The Kier molecular flexibility index (Phi) is 2.77. The Morgan fingerprint density at radius 2 is 1.89 bits per heavy atom. The van der Waals surface area contributed by atoms with Gasteiger partial charge < -0.3 is 4.74 Å². The molecule has 0 saturated heterocycles. The zero-order chi connectivity index (χ0) is 13.6. The van der Waals surface area contributed by atoms with Crippen LogP contribution in [0.1, 0.15) is 31.4 Å². The largest absolute Gasteiger partial charge is 0.501 e. The predicted octanol–water partition coefficient (Wildman–Crippen LogP) is 4.18. The van der Waals surface area contributed by atoms with Crippen molar-refractivity contribution >= 4 is 0 Å². The number of hydrogen-bond acceptors (Lipinski definition) is 1. The maximum atomic E-state index is 13.4. The van der Waals surface area contributed by atoms with Gasteiger partial charge in [0.05, 0.1) is 12.9 Å². The summed E-state index contributed by atoms with van der Waals surface area (Å²) in [4.78, 5) is 0. The van der Waals surface area contributed by atoms with Gasteiger partial charge in [0.15, 0.2) is 0 Å². The van der Waals surface area contributed by atoms with Gasteiger partial charge in [0.1, 0.15) is 5.82 Å². The first-order chi connectivity index (χ1) is 8.99. The number of hydrogen-bond donors (Lipinski definition) is 0. The van der Waals surface area contributed by atoms with Crippen molar-refractivity contribution in [3.8, 4) is 0 Å². The monoisotopic (exact) mass is 258 g/mol. The molecular formula is C17H19FO. The summed E-state index contributed by atoms with van der Waals surface area (Å²) in [5, 5.41) is 0. The average molecular weight is 258 g/mol. The van der Waals surface area contributed by atoms with E-state index < -0.39 is 0 Å². The van der Waals surface area contributed by atoms with Crippen molar-refractivity contribution in [1.82, 2.24) is 0 Å². The molecule has 2 heteroatoms. The molecule has 0 unspecified atom stereocenters. The quantitative estimate of drug-likeness (QED) is 0.687. The second kappa shape index (κ2) is 4.22. The molecule has 0 spiro atoms. The van der Waals surface area contributed by atoms with Gasteiger partial charge in [-0.15, -0.1) is 0 Å². The molecule has 0 N–H and O–H groups in total. The van der Waals surface area contributed by atoms with Gasteiger partial charge in [0, 0.05) is 11.8 Å². The molecule has 2 aliphatic rings. The number of benzene rings is 1. The summed E-state index contributed by atoms with van der Waals surface area (Å²) >= 11 is 0. The van der Waals surface area contributed by atoms with Crippen LogP contribution in [-0.4, -0.2) is 7.11 Å². The molecule has 0 bridgehead atoms. The zero-order valence-electron chi connectivity index (χ0n) is 11.7. The Labute approximate surface area is 113 Å². The van der Waals surface area contributed by atoms with Crippen LogP contribution in [0.4, 0.5) is 4.39 Å². The Hall–Kier alpha value is -1.57. The summed E-state index contributed by atoms with van der Waals surface area (Å²) in [6.45, 7) is 4.43. The fourth-order valence-corrected chi connectivity index (χ4v) is 3.32. The lowest BCUT2D eigenvalue weighted by Gasteiger charge is -2.36. The number of fused-ring (bicyclic) bond motifs is 1. The van der Waals surface area contributed by atoms with E-state index in [0.717, 1.165) is 30.6 Å². The fraction of sp³-hybridized carbons (Fsp3) is 0.412. The molecule has 1 aromatic rings. The average Bonchev–Trinajstić information content (AvgIpc) is 2.36. The third-order valence-electron chi connectivity index (χ3n) is 4.32. The highest BCUT2D eigenvalue weighted by Gasteiger charge is 2.32. The molecule has 0 saturated carbocycles. The molecule has 1 aromatic carbocycles. The minimum absolute atomic E-state index is 0.00291. The van der Waals surface area contributed by atoms with E-state index >= 15 is 0 Å². The van der Waals surface area contributed by atoms with Gasteiger partial charge in [0.2, 0.25) is 0 Å². The molecule has 19 heavy (non-hydrogen) atoms. The van der Waals surface area contributed by atoms with E-state index in [-0.39, 0.29) is 11.2 Å². The van der Waals surface area contributed by atoms with Gasteiger partial charge in [0.25, 0.3) is 0 Å². The summed E-state index contributed by atoms with van der Waals surface area (Å²) in [5.41, 5.74) is 5.28. The highest BCUT2D eigenvalue weighted by molar-refractivity contribution is 5.47. The van der Waals surface area contributed by atoms with Crippen LogP contribution < -0.4 is 0 Å². The minimum Gasteiger partial charge on any atom is -0.501 e. The highest BCUT2D eigenvalue weighted by Crippen LogP contribution is 2.44. The van der Waals surface area contributed by atoms with E-state index in [1.54, 1.807) is 19.2 Å². The van der Waals surface area contributed by atoms with Gasteiger partial charge in [-0.3, -0.25) is 0 Å². The molecular weight excluding hydrogens is 239 g/mol. The molecule has 1 nitrogen and oxygen atoms in total. The zero-order valence-corrected chi connectivity index (χ0v) is 11.7. The number of allylic oxidation sites excluding steroid dienone is 3. The van der Waals surface area contributed by atoms with E-state index in [1.165, 1.54) is 16.7 Å². The number of ether oxygens (including phenoxy) is 1. The second-order valence-electron chi connectivity index (χ2n) is 6.06. The van der Waals surface area contributed by atoms with Crippen molar-refractivity contribution in [3.05, 3.63) is 58.1 Å². The van der Waals surface area contributed by atoms with Crippen molar-refractivity contribution in [3.63, 3.8) is 0 Å². The molecule has 0 aromatic heterocycles. The van der Waals surface area contributed by atoms with Crippen LogP contribution in [0.2, 0.25) is 0 Å². The van der Waals surface area contributed by atoms with Crippen LogP contribution in [0.3, 0.4) is 0 Å². The van der Waals surface area contributed by atoms with Gasteiger partial charge in [-0.05, 0) is 42.2 Å². The van der Waals surface area contributed by atoms with Crippen LogP contribution in [-0.2, 0) is 17.6 Å². The Bertz CT molecular complexity index is 593. The van der Waals surface area contributed by atoms with Crippen LogP contribution in [0.25, 0.3) is 0 Å². The van der Waals surface area contributed by atoms with E-state index in [0.29, 0.717) is 0 Å². The Morgan fingerprint density at radius 1 is 1.11 bits per heavy atom. The summed E-state index contributed by atoms with van der Waals surface area (Å²) in [5.74, 6) is 0.916. The molecule has 0 aliphatic heterocycles. The normalized spacial score (nSPS) is 20.5. The number of halogens is 1. The van der Waals surface area contributed by atoms with Crippen molar-refractivity contribution < 1.29 is 9.13 Å². The lowest BCUT2D eigenvalue weighted by molar-refractivity contribution is 0.268. The first-order valence-corrected chi connectivity index (χ1v) is 6.74. The van der Waals surface area contributed by atoms with Crippen LogP contribution in [0.5, 0.6) is 0 Å². The lowest BCUT2D eigenvalue weighted by atomic mass is 9.69. The Morgan fingerprint density at radius 3 is 2.63 bits per heavy atom. The molecule has 3 rings (SSSR count). The molecule has 0 heterocycles. The molecule has 2 aliphatic carbocycles. The van der Waals surface area contributed by atoms with Gasteiger partial charge in [-0.1, -0.05) is 31.1 Å². The minimum atomic E-state index is -0.135. The van der Waals surface area contributed by atoms with Crippen LogP contribution in [0.15, 0.2) is 41.2 Å². The maximum absolute atomic E-state index is 13.4. The SMILES string of the molecule is COC1=CC(C)(C)C2=C(C1)Cc1ccc(F)cc1C2. The molecule has 0 radical (unpaired) electrons. The van der Waals surface area contributed by atoms with Crippen LogP contribution >= 0.6 is 0 Å². The molecule has 0 amide bonds. The molecule has 0 atom stereocenters. The Balaban J connectivity index is 2.01. The van der Waals surface area contributed by atoms with E-state index in [2.05, 4.69) is 19.9 Å². The summed E-state index contributed by atoms with van der Waals surface area (Å²) in [6.07, 6.45) is 4.89. The summed E-state index contributed by atoms with van der Waals surface area (Å²) < 4.78 is 18.8. The first kappa shape index (κ1) is 12.5. The van der Waals surface area contributed by atoms with E-state index in [1.807, 2.05) is 6.07 Å². The van der Waals surface area contributed by atoms with Gasteiger partial charge in [-0.2, -0.15) is 0 Å². The van der Waals surface area contributed by atoms with E-state index in [4.69, 9.17) is 4.74 Å². The van der Waals surface area contributed by atoms with Crippen molar-refractivity contribution in [1.29, 1.82) is 0 Å². The number of methoxy groups -OCH3 is 1.